The zero-order chi connectivity index (χ0) is 14.7. The maximum absolute atomic E-state index is 12.4. The number of morpholine rings is 1. The van der Waals surface area contributed by atoms with E-state index in [2.05, 4.69) is 7.05 Å². The number of quaternary nitrogens is 1. The highest BCUT2D eigenvalue weighted by atomic mass is 16.6. The van der Waals surface area contributed by atoms with Gasteiger partial charge in [-0.15, -0.1) is 0 Å². The molecule has 3 rings (SSSR count). The molecule has 1 aromatic carbocycles. The molecule has 21 heavy (non-hydrogen) atoms. The standard InChI is InChI=1S/C16H22NO4/c1-17(6-8-19-9-7-17)5-4-14(18)13-2-3-15-16(12-13)21-11-10-20-15/h2-3,12H,4-11H2,1H3/q+1. The van der Waals surface area contributed by atoms with Gasteiger partial charge in [-0.2, -0.15) is 0 Å². The van der Waals surface area contributed by atoms with E-state index in [-0.39, 0.29) is 5.78 Å². The molecule has 0 radical (unpaired) electrons. The summed E-state index contributed by atoms with van der Waals surface area (Å²) in [6.45, 7) is 5.50. The number of nitrogens with zero attached hydrogens (tertiary/aromatic N) is 1. The third-order valence-electron chi connectivity index (χ3n) is 4.29. The van der Waals surface area contributed by atoms with E-state index < -0.39 is 0 Å². The molecule has 0 N–H and O–H groups in total. The molecule has 0 amide bonds. The fourth-order valence-corrected chi connectivity index (χ4v) is 2.74. The number of carbonyl (C=O) groups excluding carboxylic acids is 1. The largest absolute Gasteiger partial charge is 0.486 e. The molecule has 2 heterocycles. The summed E-state index contributed by atoms with van der Waals surface area (Å²) < 4.78 is 17.3. The van der Waals surface area contributed by atoms with E-state index in [1.807, 2.05) is 12.1 Å². The van der Waals surface area contributed by atoms with Gasteiger partial charge in [-0.1, -0.05) is 0 Å². The van der Waals surface area contributed by atoms with Gasteiger partial charge in [0, 0.05) is 5.56 Å². The van der Waals surface area contributed by atoms with Crippen molar-refractivity contribution >= 4 is 5.78 Å². The topological polar surface area (TPSA) is 44.8 Å². The van der Waals surface area contributed by atoms with Crippen molar-refractivity contribution in [1.82, 2.24) is 0 Å². The number of likely N-dealkylation sites (N-methyl/N-ethyl adjacent to an activating group) is 1. The monoisotopic (exact) mass is 292 g/mol. The number of hydrogen-bond acceptors (Lipinski definition) is 4. The van der Waals surface area contributed by atoms with Crippen LogP contribution in [0.3, 0.4) is 0 Å². The van der Waals surface area contributed by atoms with Gasteiger partial charge >= 0.3 is 0 Å². The summed E-state index contributed by atoms with van der Waals surface area (Å²) >= 11 is 0. The van der Waals surface area contributed by atoms with Crippen LogP contribution >= 0.6 is 0 Å². The van der Waals surface area contributed by atoms with E-state index in [0.29, 0.717) is 30.9 Å². The van der Waals surface area contributed by atoms with Crippen LogP contribution < -0.4 is 9.47 Å². The van der Waals surface area contributed by atoms with E-state index in [9.17, 15) is 4.79 Å². The molecular weight excluding hydrogens is 270 g/mol. The van der Waals surface area contributed by atoms with Gasteiger partial charge in [-0.3, -0.25) is 4.79 Å². The summed E-state index contributed by atoms with van der Waals surface area (Å²) in [5.41, 5.74) is 0.708. The lowest BCUT2D eigenvalue weighted by molar-refractivity contribution is -0.916. The van der Waals surface area contributed by atoms with Gasteiger partial charge in [0.25, 0.3) is 0 Å². The zero-order valence-electron chi connectivity index (χ0n) is 12.5. The molecule has 114 valence electrons. The van der Waals surface area contributed by atoms with Gasteiger partial charge in [-0.05, 0) is 18.2 Å². The van der Waals surface area contributed by atoms with Crippen molar-refractivity contribution in [2.75, 3.05) is 53.1 Å². The Bertz CT molecular complexity index is 523. The SMILES string of the molecule is C[N+]1(CCC(=O)c2ccc3c(c2)OCCO3)CCOCC1. The highest BCUT2D eigenvalue weighted by Gasteiger charge is 2.26. The van der Waals surface area contributed by atoms with E-state index >= 15 is 0 Å². The van der Waals surface area contributed by atoms with Crippen LogP contribution in [0.15, 0.2) is 18.2 Å². The molecule has 2 aliphatic rings. The Morgan fingerprint density at radius 1 is 1.10 bits per heavy atom. The van der Waals surface area contributed by atoms with Crippen LogP contribution in [0.25, 0.3) is 0 Å². The Balaban J connectivity index is 1.62. The van der Waals surface area contributed by atoms with Gasteiger partial charge in [0.1, 0.15) is 26.3 Å². The molecule has 0 unspecified atom stereocenters. The molecule has 1 saturated heterocycles. The molecule has 2 aliphatic heterocycles. The molecule has 0 saturated carbocycles. The minimum atomic E-state index is 0.165. The fourth-order valence-electron chi connectivity index (χ4n) is 2.74. The second-order valence-electron chi connectivity index (χ2n) is 5.93. The van der Waals surface area contributed by atoms with Crippen LogP contribution in [0.1, 0.15) is 16.8 Å². The average Bonchev–Trinajstić information content (AvgIpc) is 2.53. The molecule has 0 spiro atoms. The van der Waals surface area contributed by atoms with Gasteiger partial charge < -0.3 is 18.7 Å². The van der Waals surface area contributed by atoms with Crippen molar-refractivity contribution in [2.24, 2.45) is 0 Å². The van der Waals surface area contributed by atoms with Crippen LogP contribution in [0.4, 0.5) is 0 Å². The molecule has 0 atom stereocenters. The quantitative estimate of drug-likeness (QED) is 0.623. The lowest BCUT2D eigenvalue weighted by Gasteiger charge is -2.37. The number of rotatable bonds is 4. The van der Waals surface area contributed by atoms with Crippen LogP contribution in [0.5, 0.6) is 11.5 Å². The smallest absolute Gasteiger partial charge is 0.168 e. The van der Waals surface area contributed by atoms with Crippen molar-refractivity contribution in [1.29, 1.82) is 0 Å². The van der Waals surface area contributed by atoms with Gasteiger partial charge in [0.2, 0.25) is 0 Å². The predicted octanol–water partition coefficient (Wildman–Crippen LogP) is 1.51. The maximum atomic E-state index is 12.4. The minimum absolute atomic E-state index is 0.165. The van der Waals surface area contributed by atoms with Gasteiger partial charge in [0.15, 0.2) is 17.3 Å². The Morgan fingerprint density at radius 3 is 2.57 bits per heavy atom. The Morgan fingerprint density at radius 2 is 1.81 bits per heavy atom. The summed E-state index contributed by atoms with van der Waals surface area (Å²) in [6.07, 6.45) is 0.552. The van der Waals surface area contributed by atoms with Crippen LogP contribution in [0.2, 0.25) is 0 Å². The number of ketones is 1. The van der Waals surface area contributed by atoms with Gasteiger partial charge in [-0.25, -0.2) is 0 Å². The first kappa shape index (κ1) is 14.4. The summed E-state index contributed by atoms with van der Waals surface area (Å²) in [7, 11) is 2.19. The second-order valence-corrected chi connectivity index (χ2v) is 5.93. The molecule has 1 aromatic rings. The number of carbonyl (C=O) groups is 1. The number of ether oxygens (including phenoxy) is 3. The number of hydrogen-bond donors (Lipinski definition) is 0. The second kappa shape index (κ2) is 6.03. The minimum Gasteiger partial charge on any atom is -0.486 e. The molecule has 5 heteroatoms. The molecular formula is C16H22NO4+. The maximum Gasteiger partial charge on any atom is 0.168 e. The highest BCUT2D eigenvalue weighted by Crippen LogP contribution is 2.31. The number of fused-ring (bicyclic) bond motifs is 1. The summed E-state index contributed by atoms with van der Waals surface area (Å²) in [6, 6.07) is 5.46. The first-order chi connectivity index (χ1) is 10.2. The van der Waals surface area contributed by atoms with Crippen LogP contribution in [0, 0.1) is 0 Å². The normalized spacial score (nSPS) is 20.0. The molecule has 0 bridgehead atoms. The lowest BCUT2D eigenvalue weighted by Crippen LogP contribution is -2.52. The first-order valence-electron chi connectivity index (χ1n) is 7.50. The predicted molar refractivity (Wildman–Crippen MR) is 78.0 cm³/mol. The summed E-state index contributed by atoms with van der Waals surface area (Å²) in [4.78, 5) is 12.4. The van der Waals surface area contributed by atoms with Gasteiger partial charge in [0.05, 0.1) is 33.2 Å². The average molecular weight is 292 g/mol. The van der Waals surface area contributed by atoms with E-state index in [1.165, 1.54) is 0 Å². The van der Waals surface area contributed by atoms with Crippen molar-refractivity contribution < 1.29 is 23.5 Å². The molecule has 0 aliphatic carbocycles. The van der Waals surface area contributed by atoms with Crippen LogP contribution in [-0.2, 0) is 4.74 Å². The fraction of sp³-hybridized carbons (Fsp3) is 0.562. The molecule has 0 aromatic heterocycles. The van der Waals surface area contributed by atoms with Crippen molar-refractivity contribution in [2.45, 2.75) is 6.42 Å². The van der Waals surface area contributed by atoms with E-state index in [4.69, 9.17) is 14.2 Å². The van der Waals surface area contributed by atoms with E-state index in [0.717, 1.165) is 43.1 Å². The Hall–Kier alpha value is -1.59. The Kier molecular flexibility index (Phi) is 4.12. The lowest BCUT2D eigenvalue weighted by atomic mass is 10.1. The molecule has 5 nitrogen and oxygen atoms in total. The number of Topliss-reactive ketones (excluding diaryl/α,β-unsaturated/α-hetero) is 1. The summed E-state index contributed by atoms with van der Waals surface area (Å²) in [5.74, 6) is 1.57. The van der Waals surface area contributed by atoms with Crippen molar-refractivity contribution in [3.63, 3.8) is 0 Å². The molecule has 1 fully saturated rings. The zero-order valence-corrected chi connectivity index (χ0v) is 12.5. The number of benzene rings is 1. The van der Waals surface area contributed by atoms with Crippen molar-refractivity contribution in [3.05, 3.63) is 23.8 Å². The third-order valence-corrected chi connectivity index (χ3v) is 4.29. The van der Waals surface area contributed by atoms with E-state index in [1.54, 1.807) is 6.07 Å². The third kappa shape index (κ3) is 3.36. The van der Waals surface area contributed by atoms with Crippen molar-refractivity contribution in [3.8, 4) is 11.5 Å². The highest BCUT2D eigenvalue weighted by molar-refractivity contribution is 5.96. The Labute approximate surface area is 125 Å². The first-order valence-corrected chi connectivity index (χ1v) is 7.50. The summed E-state index contributed by atoms with van der Waals surface area (Å²) in [5, 5.41) is 0. The van der Waals surface area contributed by atoms with Crippen LogP contribution in [-0.4, -0.2) is 63.4 Å².